The predicted molar refractivity (Wildman–Crippen MR) is 67.0 cm³/mol. The summed E-state index contributed by atoms with van der Waals surface area (Å²) < 4.78 is 5.32. The Balaban J connectivity index is 2.30. The van der Waals surface area contributed by atoms with Crippen LogP contribution >= 0.6 is 0 Å². The molecule has 0 amide bonds. The van der Waals surface area contributed by atoms with Crippen LogP contribution in [0.4, 0.5) is 0 Å². The second-order valence-corrected chi connectivity index (χ2v) is 4.05. The summed E-state index contributed by atoms with van der Waals surface area (Å²) in [7, 11) is 0. The lowest BCUT2D eigenvalue weighted by Gasteiger charge is -2.02. The number of H-pyrrole nitrogens is 1. The number of nitrogens with one attached hydrogen (secondary N) is 1. The summed E-state index contributed by atoms with van der Waals surface area (Å²) in [4.78, 5) is 15.0. The van der Waals surface area contributed by atoms with Gasteiger partial charge in [0.2, 0.25) is 0 Å². The van der Waals surface area contributed by atoms with Gasteiger partial charge in [0.25, 0.3) is 0 Å². The summed E-state index contributed by atoms with van der Waals surface area (Å²) in [5, 5.41) is 0.685. The van der Waals surface area contributed by atoms with Gasteiger partial charge in [-0.2, -0.15) is 0 Å². The van der Waals surface area contributed by atoms with Crippen LogP contribution in [0, 0.1) is 6.92 Å². The molecule has 3 nitrogen and oxygen atoms in total. The maximum Gasteiger partial charge on any atom is 0.189 e. The van der Waals surface area contributed by atoms with Gasteiger partial charge >= 0.3 is 0 Å². The number of fused-ring (bicyclic) bond motifs is 1. The first-order valence-corrected chi connectivity index (χ1v) is 5.41. The van der Waals surface area contributed by atoms with Gasteiger partial charge in [-0.05, 0) is 37.3 Å². The van der Waals surface area contributed by atoms with Crippen molar-refractivity contribution >= 4 is 10.9 Å². The summed E-state index contributed by atoms with van der Waals surface area (Å²) >= 11 is 0. The Kier molecular flexibility index (Phi) is 2.11. The molecular weight excluding hydrogens is 214 g/mol. The SMILES string of the molecule is Cc1cc(=O)c2cc(-c3ccco3)ccc2[nH]1. The van der Waals surface area contributed by atoms with E-state index < -0.39 is 0 Å². The first-order chi connectivity index (χ1) is 8.24. The maximum atomic E-state index is 11.9. The minimum atomic E-state index is 0.0321. The van der Waals surface area contributed by atoms with Crippen molar-refractivity contribution in [3.05, 3.63) is 58.6 Å². The van der Waals surface area contributed by atoms with Gasteiger partial charge in [-0.25, -0.2) is 0 Å². The molecule has 0 bridgehead atoms. The molecule has 0 radical (unpaired) electrons. The summed E-state index contributed by atoms with van der Waals surface area (Å²) in [5.41, 5.74) is 2.67. The molecule has 84 valence electrons. The molecule has 0 saturated carbocycles. The quantitative estimate of drug-likeness (QED) is 0.691. The Hall–Kier alpha value is -2.29. The van der Waals surface area contributed by atoms with E-state index >= 15 is 0 Å². The lowest BCUT2D eigenvalue weighted by Crippen LogP contribution is -2.02. The molecule has 0 aliphatic carbocycles. The van der Waals surface area contributed by atoms with E-state index in [1.807, 2.05) is 37.3 Å². The van der Waals surface area contributed by atoms with Crippen molar-refractivity contribution in [1.82, 2.24) is 4.98 Å². The van der Waals surface area contributed by atoms with Crippen LogP contribution in [-0.2, 0) is 0 Å². The van der Waals surface area contributed by atoms with E-state index in [0.717, 1.165) is 22.5 Å². The van der Waals surface area contributed by atoms with E-state index in [2.05, 4.69) is 4.98 Å². The fraction of sp³-hybridized carbons (Fsp3) is 0.0714. The van der Waals surface area contributed by atoms with E-state index in [1.165, 1.54) is 0 Å². The Labute approximate surface area is 97.7 Å². The van der Waals surface area contributed by atoms with E-state index in [4.69, 9.17) is 4.42 Å². The zero-order valence-corrected chi connectivity index (χ0v) is 9.36. The van der Waals surface area contributed by atoms with Crippen LogP contribution in [0.15, 0.2) is 51.9 Å². The molecule has 0 atom stereocenters. The van der Waals surface area contributed by atoms with Crippen LogP contribution < -0.4 is 5.43 Å². The molecule has 1 aromatic carbocycles. The fourth-order valence-corrected chi connectivity index (χ4v) is 1.98. The van der Waals surface area contributed by atoms with E-state index in [1.54, 1.807) is 12.3 Å². The van der Waals surface area contributed by atoms with Gasteiger partial charge in [0.15, 0.2) is 5.43 Å². The highest BCUT2D eigenvalue weighted by atomic mass is 16.3. The molecule has 2 aromatic heterocycles. The normalized spacial score (nSPS) is 10.9. The van der Waals surface area contributed by atoms with Crippen LogP contribution in [-0.4, -0.2) is 4.98 Å². The number of hydrogen-bond donors (Lipinski definition) is 1. The first-order valence-electron chi connectivity index (χ1n) is 5.41. The molecule has 2 heterocycles. The minimum absolute atomic E-state index is 0.0321. The number of pyridine rings is 1. The van der Waals surface area contributed by atoms with Gasteiger partial charge in [0.05, 0.1) is 6.26 Å². The monoisotopic (exact) mass is 225 g/mol. The molecule has 3 rings (SSSR count). The van der Waals surface area contributed by atoms with Gasteiger partial charge in [-0.1, -0.05) is 0 Å². The number of aryl methyl sites for hydroxylation is 1. The molecule has 0 aliphatic rings. The molecule has 1 N–H and O–H groups in total. The van der Waals surface area contributed by atoms with Crippen molar-refractivity contribution in [2.24, 2.45) is 0 Å². The van der Waals surface area contributed by atoms with Gasteiger partial charge in [-0.15, -0.1) is 0 Å². The molecular formula is C14H11NO2. The van der Waals surface area contributed by atoms with Crippen LogP contribution in [0.25, 0.3) is 22.2 Å². The molecule has 0 saturated heterocycles. The van der Waals surface area contributed by atoms with Gasteiger partial charge in [-0.3, -0.25) is 4.79 Å². The fourth-order valence-electron chi connectivity index (χ4n) is 1.98. The van der Waals surface area contributed by atoms with E-state index in [-0.39, 0.29) is 5.43 Å². The number of rotatable bonds is 1. The van der Waals surface area contributed by atoms with Crippen molar-refractivity contribution in [3.63, 3.8) is 0 Å². The highest BCUT2D eigenvalue weighted by molar-refractivity contribution is 5.83. The largest absolute Gasteiger partial charge is 0.464 e. The van der Waals surface area contributed by atoms with Crippen LogP contribution in [0.1, 0.15) is 5.69 Å². The van der Waals surface area contributed by atoms with Crippen LogP contribution in [0.2, 0.25) is 0 Å². The van der Waals surface area contributed by atoms with E-state index in [0.29, 0.717) is 5.39 Å². The third-order valence-electron chi connectivity index (χ3n) is 2.77. The smallest absolute Gasteiger partial charge is 0.189 e. The topological polar surface area (TPSA) is 46.0 Å². The van der Waals surface area contributed by atoms with Gasteiger partial charge in [0.1, 0.15) is 5.76 Å². The number of aromatic nitrogens is 1. The number of furan rings is 1. The lowest BCUT2D eigenvalue weighted by atomic mass is 10.1. The van der Waals surface area contributed by atoms with Crippen molar-refractivity contribution in [3.8, 4) is 11.3 Å². The summed E-state index contributed by atoms with van der Waals surface area (Å²) in [6.45, 7) is 1.88. The zero-order valence-electron chi connectivity index (χ0n) is 9.36. The third kappa shape index (κ3) is 1.65. The van der Waals surface area contributed by atoms with Crippen LogP contribution in [0.3, 0.4) is 0 Å². The standard InChI is InChI=1S/C14H11NO2/c1-9-7-13(16)11-8-10(4-5-12(11)15-9)14-3-2-6-17-14/h2-8H,1H3,(H,15,16). The highest BCUT2D eigenvalue weighted by Crippen LogP contribution is 2.22. The average Bonchev–Trinajstić information content (AvgIpc) is 2.82. The minimum Gasteiger partial charge on any atom is -0.464 e. The highest BCUT2D eigenvalue weighted by Gasteiger charge is 2.04. The number of hydrogen-bond acceptors (Lipinski definition) is 2. The van der Waals surface area contributed by atoms with Crippen molar-refractivity contribution in [1.29, 1.82) is 0 Å². The first kappa shape index (κ1) is 9.90. The Morgan fingerprint density at radius 1 is 1.18 bits per heavy atom. The molecule has 0 aliphatic heterocycles. The average molecular weight is 225 g/mol. The molecule has 17 heavy (non-hydrogen) atoms. The molecule has 0 spiro atoms. The third-order valence-corrected chi connectivity index (χ3v) is 2.77. The summed E-state index contributed by atoms with van der Waals surface area (Å²) in [6, 6.07) is 11.0. The van der Waals surface area contributed by atoms with Crippen molar-refractivity contribution < 1.29 is 4.42 Å². The Bertz CT molecular complexity index is 724. The van der Waals surface area contributed by atoms with Crippen LogP contribution in [0.5, 0.6) is 0 Å². The van der Waals surface area contributed by atoms with Gasteiger partial charge in [0, 0.05) is 28.2 Å². The number of aromatic amines is 1. The maximum absolute atomic E-state index is 11.9. The second-order valence-electron chi connectivity index (χ2n) is 4.05. The molecule has 3 heteroatoms. The molecule has 0 unspecified atom stereocenters. The number of benzene rings is 1. The molecule has 0 fully saturated rings. The lowest BCUT2D eigenvalue weighted by molar-refractivity contribution is 0.582. The molecule has 3 aromatic rings. The Morgan fingerprint density at radius 2 is 2.06 bits per heavy atom. The van der Waals surface area contributed by atoms with E-state index in [9.17, 15) is 4.79 Å². The summed E-state index contributed by atoms with van der Waals surface area (Å²) in [5.74, 6) is 0.770. The summed E-state index contributed by atoms with van der Waals surface area (Å²) in [6.07, 6.45) is 1.62. The predicted octanol–water partition coefficient (Wildman–Crippen LogP) is 3.10. The van der Waals surface area contributed by atoms with Crippen molar-refractivity contribution in [2.45, 2.75) is 6.92 Å². The van der Waals surface area contributed by atoms with Crippen molar-refractivity contribution in [2.75, 3.05) is 0 Å². The zero-order chi connectivity index (χ0) is 11.8. The second kappa shape index (κ2) is 3.63. The Morgan fingerprint density at radius 3 is 2.82 bits per heavy atom. The van der Waals surface area contributed by atoms with Gasteiger partial charge < -0.3 is 9.40 Å².